The molecule has 6 nitrogen and oxygen atoms in total. The highest BCUT2D eigenvalue weighted by Crippen LogP contribution is 2.27. The van der Waals surface area contributed by atoms with E-state index in [2.05, 4.69) is 15.9 Å². The molecule has 0 spiro atoms. The number of benzene rings is 2. The van der Waals surface area contributed by atoms with Gasteiger partial charge in [-0.3, -0.25) is 19.3 Å². The van der Waals surface area contributed by atoms with Gasteiger partial charge in [0.05, 0.1) is 18.2 Å². The molecule has 0 aromatic heterocycles. The number of carbonyl (C=O) groups excluding carboxylic acids is 3. The van der Waals surface area contributed by atoms with E-state index in [9.17, 15) is 14.4 Å². The largest absolute Gasteiger partial charge is 0.336 e. The van der Waals surface area contributed by atoms with Crippen molar-refractivity contribution in [3.8, 4) is 0 Å². The Balaban J connectivity index is 1.41. The number of hydrogen-bond donors (Lipinski definition) is 0. The van der Waals surface area contributed by atoms with E-state index in [0.29, 0.717) is 37.4 Å². The Morgan fingerprint density at radius 1 is 0.893 bits per heavy atom. The molecule has 2 aliphatic rings. The van der Waals surface area contributed by atoms with Gasteiger partial charge in [-0.25, -0.2) is 4.90 Å². The molecule has 0 N–H and O–H groups in total. The smallest absolute Gasteiger partial charge is 0.253 e. The Hall–Kier alpha value is -2.51. The SMILES string of the molecule is O=C(c1ccccc1)N1CCN([C@@H]2CC(=O)N(c3ccc(Br)cc3)C2=O)CC1. The van der Waals surface area contributed by atoms with Crippen LogP contribution in [0.15, 0.2) is 59.1 Å². The molecule has 2 heterocycles. The molecule has 0 saturated carbocycles. The summed E-state index contributed by atoms with van der Waals surface area (Å²) in [4.78, 5) is 43.1. The van der Waals surface area contributed by atoms with Crippen LogP contribution in [0.25, 0.3) is 0 Å². The van der Waals surface area contributed by atoms with Crippen molar-refractivity contribution in [1.29, 1.82) is 0 Å². The Labute approximate surface area is 171 Å². The maximum absolute atomic E-state index is 12.9. The highest BCUT2D eigenvalue weighted by atomic mass is 79.9. The molecule has 3 amide bonds. The lowest BCUT2D eigenvalue weighted by Gasteiger charge is -2.37. The van der Waals surface area contributed by atoms with E-state index < -0.39 is 6.04 Å². The highest BCUT2D eigenvalue weighted by molar-refractivity contribution is 9.10. The van der Waals surface area contributed by atoms with Crippen LogP contribution in [0.1, 0.15) is 16.8 Å². The minimum atomic E-state index is -0.454. The first-order valence-corrected chi connectivity index (χ1v) is 10.0. The molecule has 0 radical (unpaired) electrons. The zero-order valence-corrected chi connectivity index (χ0v) is 16.8. The summed E-state index contributed by atoms with van der Waals surface area (Å²) < 4.78 is 0.895. The number of anilines is 1. The number of halogens is 1. The van der Waals surface area contributed by atoms with Crippen LogP contribution >= 0.6 is 15.9 Å². The van der Waals surface area contributed by atoms with Gasteiger partial charge in [0.15, 0.2) is 0 Å². The van der Waals surface area contributed by atoms with Crippen LogP contribution in [0.5, 0.6) is 0 Å². The number of piperazine rings is 1. The number of nitrogens with zero attached hydrogens (tertiary/aromatic N) is 3. The second kappa shape index (κ2) is 7.85. The molecule has 7 heteroatoms. The molecule has 2 aromatic rings. The average Bonchev–Trinajstić information content (AvgIpc) is 3.03. The first-order valence-electron chi connectivity index (χ1n) is 9.25. The summed E-state index contributed by atoms with van der Waals surface area (Å²) in [5.41, 5.74) is 1.27. The van der Waals surface area contributed by atoms with Gasteiger partial charge in [-0.1, -0.05) is 34.1 Å². The normalized spacial score (nSPS) is 20.7. The van der Waals surface area contributed by atoms with Gasteiger partial charge in [0, 0.05) is 36.2 Å². The Morgan fingerprint density at radius 2 is 1.54 bits per heavy atom. The van der Waals surface area contributed by atoms with Gasteiger partial charge < -0.3 is 4.90 Å². The van der Waals surface area contributed by atoms with Gasteiger partial charge in [0.25, 0.3) is 11.8 Å². The molecule has 2 aliphatic heterocycles. The number of carbonyl (C=O) groups is 3. The van der Waals surface area contributed by atoms with E-state index in [1.165, 1.54) is 4.90 Å². The predicted octanol–water partition coefficient (Wildman–Crippen LogP) is 2.54. The maximum atomic E-state index is 12.9. The first kappa shape index (κ1) is 18.8. The third kappa shape index (κ3) is 3.59. The number of amides is 3. The molecule has 1 atom stereocenters. The van der Waals surface area contributed by atoms with Gasteiger partial charge in [0.2, 0.25) is 5.91 Å². The van der Waals surface area contributed by atoms with Crippen molar-refractivity contribution in [2.45, 2.75) is 12.5 Å². The van der Waals surface area contributed by atoms with E-state index in [1.54, 1.807) is 17.0 Å². The predicted molar refractivity (Wildman–Crippen MR) is 109 cm³/mol. The van der Waals surface area contributed by atoms with Gasteiger partial charge in [-0.2, -0.15) is 0 Å². The number of imide groups is 1. The van der Waals surface area contributed by atoms with Crippen molar-refractivity contribution in [2.75, 3.05) is 31.1 Å². The average molecular weight is 442 g/mol. The van der Waals surface area contributed by atoms with Crippen LogP contribution in [0.2, 0.25) is 0 Å². The summed E-state index contributed by atoms with van der Waals surface area (Å²) in [6.07, 6.45) is 0.182. The van der Waals surface area contributed by atoms with E-state index in [-0.39, 0.29) is 24.1 Å². The fourth-order valence-electron chi connectivity index (χ4n) is 3.76. The Kier molecular flexibility index (Phi) is 5.28. The highest BCUT2D eigenvalue weighted by Gasteiger charge is 2.43. The van der Waals surface area contributed by atoms with Crippen LogP contribution in [0.4, 0.5) is 5.69 Å². The molecule has 0 unspecified atom stereocenters. The molecule has 144 valence electrons. The molecule has 0 bridgehead atoms. The minimum Gasteiger partial charge on any atom is -0.336 e. The Morgan fingerprint density at radius 3 is 2.18 bits per heavy atom. The van der Waals surface area contributed by atoms with E-state index in [0.717, 1.165) is 4.47 Å². The summed E-state index contributed by atoms with van der Waals surface area (Å²) in [5, 5.41) is 0. The topological polar surface area (TPSA) is 60.9 Å². The third-order valence-electron chi connectivity index (χ3n) is 5.27. The summed E-state index contributed by atoms with van der Waals surface area (Å²) in [7, 11) is 0. The minimum absolute atomic E-state index is 0.00515. The van der Waals surface area contributed by atoms with Gasteiger partial charge in [-0.05, 0) is 36.4 Å². The van der Waals surface area contributed by atoms with Crippen molar-refractivity contribution >= 4 is 39.3 Å². The van der Waals surface area contributed by atoms with E-state index >= 15 is 0 Å². The fraction of sp³-hybridized carbons (Fsp3) is 0.286. The first-order chi connectivity index (χ1) is 13.5. The zero-order valence-electron chi connectivity index (χ0n) is 15.3. The van der Waals surface area contributed by atoms with Crippen LogP contribution in [-0.2, 0) is 9.59 Å². The van der Waals surface area contributed by atoms with Crippen molar-refractivity contribution in [3.05, 3.63) is 64.6 Å². The summed E-state index contributed by atoms with van der Waals surface area (Å²) in [6.45, 7) is 2.25. The second-order valence-corrected chi connectivity index (χ2v) is 7.87. The molecular formula is C21H20BrN3O3. The van der Waals surface area contributed by atoms with E-state index in [4.69, 9.17) is 0 Å². The summed E-state index contributed by atoms with van der Waals surface area (Å²) in [5.74, 6) is -0.360. The zero-order chi connectivity index (χ0) is 19.7. The molecular weight excluding hydrogens is 422 g/mol. The lowest BCUT2D eigenvalue weighted by atomic mass is 10.1. The summed E-state index contributed by atoms with van der Waals surface area (Å²) >= 11 is 3.36. The summed E-state index contributed by atoms with van der Waals surface area (Å²) in [6, 6.07) is 15.9. The monoisotopic (exact) mass is 441 g/mol. The molecule has 0 aliphatic carbocycles. The van der Waals surface area contributed by atoms with Crippen molar-refractivity contribution < 1.29 is 14.4 Å². The molecule has 2 fully saturated rings. The van der Waals surface area contributed by atoms with Crippen molar-refractivity contribution in [3.63, 3.8) is 0 Å². The molecule has 2 aromatic carbocycles. The maximum Gasteiger partial charge on any atom is 0.253 e. The lowest BCUT2D eigenvalue weighted by Crippen LogP contribution is -2.53. The third-order valence-corrected chi connectivity index (χ3v) is 5.80. The van der Waals surface area contributed by atoms with Crippen molar-refractivity contribution in [1.82, 2.24) is 9.80 Å². The fourth-order valence-corrected chi connectivity index (χ4v) is 4.03. The quantitative estimate of drug-likeness (QED) is 0.686. The van der Waals surface area contributed by atoms with Gasteiger partial charge in [-0.15, -0.1) is 0 Å². The van der Waals surface area contributed by atoms with Crippen LogP contribution < -0.4 is 4.90 Å². The van der Waals surface area contributed by atoms with E-state index in [1.807, 2.05) is 47.4 Å². The Bertz CT molecular complexity index is 893. The molecule has 4 rings (SSSR count). The van der Waals surface area contributed by atoms with Crippen LogP contribution in [0, 0.1) is 0 Å². The standard InChI is InChI=1S/C21H20BrN3O3/c22-16-6-8-17(9-7-16)25-19(26)14-18(21(25)28)23-10-12-24(13-11-23)20(27)15-4-2-1-3-5-15/h1-9,18H,10-14H2/t18-/m1/s1. The van der Waals surface area contributed by atoms with Gasteiger partial charge in [0.1, 0.15) is 0 Å². The van der Waals surface area contributed by atoms with Crippen LogP contribution in [-0.4, -0.2) is 59.7 Å². The number of hydrogen-bond acceptors (Lipinski definition) is 4. The van der Waals surface area contributed by atoms with Crippen LogP contribution in [0.3, 0.4) is 0 Å². The van der Waals surface area contributed by atoms with Crippen molar-refractivity contribution in [2.24, 2.45) is 0 Å². The lowest BCUT2D eigenvalue weighted by molar-refractivity contribution is -0.123. The molecule has 28 heavy (non-hydrogen) atoms. The molecule has 2 saturated heterocycles. The number of rotatable bonds is 3. The second-order valence-electron chi connectivity index (χ2n) is 6.96. The van der Waals surface area contributed by atoms with Gasteiger partial charge >= 0.3 is 0 Å².